The summed E-state index contributed by atoms with van der Waals surface area (Å²) in [5.74, 6) is 2.09. The van der Waals surface area contributed by atoms with Crippen LogP contribution in [0.1, 0.15) is 27.2 Å². The Labute approximate surface area is 241 Å². The average Bonchev–Trinajstić information content (AvgIpc) is 3.32. The number of hydrogen-bond acceptors (Lipinski definition) is 8. The van der Waals surface area contributed by atoms with E-state index in [0.717, 1.165) is 28.6 Å². The maximum Gasteiger partial charge on any atom is 0.410 e. The second-order valence-corrected chi connectivity index (χ2v) is 11.6. The van der Waals surface area contributed by atoms with Crippen molar-refractivity contribution in [2.24, 2.45) is 4.99 Å². The van der Waals surface area contributed by atoms with Crippen LogP contribution in [-0.4, -0.2) is 83.9 Å². The number of piperidine rings is 1. The summed E-state index contributed by atoms with van der Waals surface area (Å²) in [5.41, 5.74) is 2.14. The molecule has 5 rings (SSSR count). The van der Waals surface area contributed by atoms with Gasteiger partial charge in [0.2, 0.25) is 0 Å². The number of aliphatic hydroxyl groups is 1. The molecule has 10 nitrogen and oxygen atoms in total. The van der Waals surface area contributed by atoms with Gasteiger partial charge in [-0.15, -0.1) is 0 Å². The lowest BCUT2D eigenvalue weighted by Gasteiger charge is -2.41. The van der Waals surface area contributed by atoms with Crippen LogP contribution in [0.4, 0.5) is 27.7 Å². The van der Waals surface area contributed by atoms with E-state index in [1.54, 1.807) is 17.4 Å². The summed E-state index contributed by atoms with van der Waals surface area (Å²) in [6.07, 6.45) is 2.92. The summed E-state index contributed by atoms with van der Waals surface area (Å²) >= 11 is 0. The molecule has 3 aromatic rings. The highest BCUT2D eigenvalue weighted by Crippen LogP contribution is 2.47. The maximum absolute atomic E-state index is 12.9. The topological polar surface area (TPSA) is 94.0 Å². The molecule has 0 unspecified atom stereocenters. The Kier molecular flexibility index (Phi) is 8.03. The number of aromatic nitrogens is 1. The fourth-order valence-electron chi connectivity index (χ4n) is 5.08. The first kappa shape index (κ1) is 28.2. The highest BCUT2D eigenvalue weighted by atomic mass is 16.6. The molecule has 0 saturated carbocycles. The average molecular weight is 559 g/mol. The first-order valence-corrected chi connectivity index (χ1v) is 13.8. The Morgan fingerprint density at radius 1 is 1.05 bits per heavy atom. The first-order valence-electron chi connectivity index (χ1n) is 13.8. The lowest BCUT2D eigenvalue weighted by molar-refractivity contribution is 0.0000261. The van der Waals surface area contributed by atoms with Crippen LogP contribution < -0.4 is 14.5 Å². The molecule has 41 heavy (non-hydrogen) atoms. The van der Waals surface area contributed by atoms with E-state index in [2.05, 4.69) is 19.8 Å². The number of pyridine rings is 1. The zero-order chi connectivity index (χ0) is 29.1. The number of aliphatic hydroxyl groups excluding tert-OH is 1. The van der Waals surface area contributed by atoms with Gasteiger partial charge in [-0.1, -0.05) is 18.2 Å². The molecule has 0 bridgehead atoms. The van der Waals surface area contributed by atoms with Crippen molar-refractivity contribution in [3.05, 3.63) is 66.9 Å². The van der Waals surface area contributed by atoms with Crippen LogP contribution in [0.25, 0.3) is 0 Å². The third-order valence-corrected chi connectivity index (χ3v) is 6.79. The van der Waals surface area contributed by atoms with E-state index >= 15 is 0 Å². The number of rotatable bonds is 6. The van der Waals surface area contributed by atoms with Crippen LogP contribution in [0.3, 0.4) is 0 Å². The molecule has 1 aromatic heterocycles. The standard InChI is InChI=1S/C31H38N6O4/c1-31(2,3)41-30(39)35-18-23(17-24(38)19-35)36-21-37(28-27(36)15-16-32-29(28)33-20-34(4)5)22-11-13-26(14-12-22)40-25-9-7-6-8-10-25/h6-16,20,23-24,38H,17-19,21H2,1-5H3/t23-,24-/m1/s1. The number of para-hydroxylation sites is 1. The highest BCUT2D eigenvalue weighted by molar-refractivity contribution is 5.90. The molecule has 0 spiro atoms. The summed E-state index contributed by atoms with van der Waals surface area (Å²) in [6, 6.07) is 19.4. The predicted octanol–water partition coefficient (Wildman–Crippen LogP) is 5.38. The van der Waals surface area contributed by atoms with Crippen molar-refractivity contribution in [1.82, 2.24) is 14.8 Å². The van der Waals surface area contributed by atoms with Gasteiger partial charge in [0.25, 0.3) is 0 Å². The number of carbonyl (C=O) groups is 1. The number of fused-ring (bicyclic) bond motifs is 1. The smallest absolute Gasteiger partial charge is 0.410 e. The second-order valence-electron chi connectivity index (χ2n) is 11.6. The Morgan fingerprint density at radius 2 is 1.76 bits per heavy atom. The summed E-state index contributed by atoms with van der Waals surface area (Å²) in [7, 11) is 3.83. The van der Waals surface area contributed by atoms with E-state index in [1.165, 1.54) is 0 Å². The van der Waals surface area contributed by atoms with Gasteiger partial charge >= 0.3 is 6.09 Å². The highest BCUT2D eigenvalue weighted by Gasteiger charge is 2.40. The molecule has 2 aromatic carbocycles. The number of hydrogen-bond donors (Lipinski definition) is 1. The molecule has 2 aliphatic heterocycles. The summed E-state index contributed by atoms with van der Waals surface area (Å²) in [6.45, 7) is 6.71. The fraction of sp³-hybridized carbons (Fsp3) is 0.387. The molecular formula is C31H38N6O4. The molecule has 3 heterocycles. The number of carbonyl (C=O) groups excluding carboxylic acids is 1. The lowest BCUT2D eigenvalue weighted by Crippen LogP contribution is -2.55. The number of likely N-dealkylation sites (tertiary alicyclic amines) is 1. The van der Waals surface area contributed by atoms with Crippen molar-refractivity contribution < 1.29 is 19.4 Å². The number of amides is 1. The van der Waals surface area contributed by atoms with E-state index in [9.17, 15) is 9.90 Å². The number of β-amino-alcohol motifs (C(OH)–C–C–N with tert-alkyl or cyclic N) is 1. The van der Waals surface area contributed by atoms with Crippen molar-refractivity contribution >= 4 is 35.3 Å². The predicted molar refractivity (Wildman–Crippen MR) is 161 cm³/mol. The molecule has 216 valence electrons. The molecule has 1 fully saturated rings. The van der Waals surface area contributed by atoms with Gasteiger partial charge in [0.1, 0.15) is 22.8 Å². The summed E-state index contributed by atoms with van der Waals surface area (Å²) < 4.78 is 11.6. The van der Waals surface area contributed by atoms with Crippen LogP contribution in [0.5, 0.6) is 11.5 Å². The lowest BCUT2D eigenvalue weighted by atomic mass is 10.0. The summed E-state index contributed by atoms with van der Waals surface area (Å²) in [4.78, 5) is 30.1. The van der Waals surface area contributed by atoms with Gasteiger partial charge in [0, 0.05) is 32.5 Å². The number of anilines is 3. The van der Waals surface area contributed by atoms with Gasteiger partial charge in [0.15, 0.2) is 5.82 Å². The van der Waals surface area contributed by atoms with E-state index in [1.807, 2.05) is 100 Å². The molecule has 1 amide bonds. The second kappa shape index (κ2) is 11.7. The largest absolute Gasteiger partial charge is 0.457 e. The maximum atomic E-state index is 12.9. The van der Waals surface area contributed by atoms with Gasteiger partial charge < -0.3 is 34.2 Å². The minimum Gasteiger partial charge on any atom is -0.457 e. The first-order chi connectivity index (χ1) is 19.6. The van der Waals surface area contributed by atoms with E-state index < -0.39 is 17.8 Å². The molecule has 1 saturated heterocycles. The van der Waals surface area contributed by atoms with Crippen LogP contribution >= 0.6 is 0 Å². The molecular weight excluding hydrogens is 520 g/mol. The Balaban J connectivity index is 1.45. The van der Waals surface area contributed by atoms with Crippen LogP contribution in [0, 0.1) is 0 Å². The van der Waals surface area contributed by atoms with Crippen molar-refractivity contribution in [3.63, 3.8) is 0 Å². The van der Waals surface area contributed by atoms with Gasteiger partial charge in [-0.05, 0) is 69.7 Å². The molecule has 0 aliphatic carbocycles. The van der Waals surface area contributed by atoms with Gasteiger partial charge in [-0.25, -0.2) is 14.8 Å². The van der Waals surface area contributed by atoms with Crippen LogP contribution in [0.2, 0.25) is 0 Å². The number of ether oxygens (including phenoxy) is 2. The molecule has 2 atom stereocenters. The van der Waals surface area contributed by atoms with Crippen LogP contribution in [-0.2, 0) is 4.74 Å². The molecule has 2 aliphatic rings. The minimum absolute atomic E-state index is 0.135. The molecule has 1 N–H and O–H groups in total. The third kappa shape index (κ3) is 6.71. The fourth-order valence-corrected chi connectivity index (χ4v) is 5.08. The normalized spacial score (nSPS) is 18.9. The zero-order valence-electron chi connectivity index (χ0n) is 24.3. The van der Waals surface area contributed by atoms with Crippen molar-refractivity contribution in [2.75, 3.05) is 43.7 Å². The van der Waals surface area contributed by atoms with E-state index in [0.29, 0.717) is 25.5 Å². The van der Waals surface area contributed by atoms with Crippen molar-refractivity contribution in [1.29, 1.82) is 0 Å². The van der Waals surface area contributed by atoms with Crippen molar-refractivity contribution in [2.45, 2.75) is 44.9 Å². The van der Waals surface area contributed by atoms with Gasteiger partial charge in [-0.3, -0.25) is 0 Å². The van der Waals surface area contributed by atoms with Gasteiger partial charge in [0.05, 0.1) is 37.4 Å². The zero-order valence-corrected chi connectivity index (χ0v) is 24.3. The SMILES string of the molecule is CN(C)C=Nc1nccc2c1N(c1ccc(Oc3ccccc3)cc1)CN2[C@@H]1C[C@@H](O)CN(C(=O)OC(C)(C)C)C1. The molecule has 0 radical (unpaired) electrons. The number of benzene rings is 2. The van der Waals surface area contributed by atoms with E-state index in [4.69, 9.17) is 9.47 Å². The third-order valence-electron chi connectivity index (χ3n) is 6.79. The molecule has 10 heteroatoms. The van der Waals surface area contributed by atoms with Crippen LogP contribution in [0.15, 0.2) is 71.9 Å². The number of aliphatic imine (C=N–C) groups is 1. The quantitative estimate of drug-likeness (QED) is 0.318. The number of nitrogens with zero attached hydrogens (tertiary/aromatic N) is 6. The Bertz CT molecular complexity index is 1370. The summed E-state index contributed by atoms with van der Waals surface area (Å²) in [5, 5.41) is 10.8. The Morgan fingerprint density at radius 3 is 2.44 bits per heavy atom. The Hall–Kier alpha value is -4.31. The minimum atomic E-state index is -0.666. The van der Waals surface area contributed by atoms with E-state index in [-0.39, 0.29) is 12.6 Å². The van der Waals surface area contributed by atoms with Crippen molar-refractivity contribution in [3.8, 4) is 11.5 Å². The monoisotopic (exact) mass is 558 g/mol. The van der Waals surface area contributed by atoms with Gasteiger partial charge in [-0.2, -0.15) is 0 Å².